The van der Waals surface area contributed by atoms with Crippen molar-refractivity contribution in [1.29, 1.82) is 0 Å². The zero-order chi connectivity index (χ0) is 14.4. The van der Waals surface area contributed by atoms with Gasteiger partial charge in [0.15, 0.2) is 0 Å². The Morgan fingerprint density at radius 1 is 1.17 bits per heavy atom. The Labute approximate surface area is 104 Å². The summed E-state index contributed by atoms with van der Waals surface area (Å²) in [5.74, 6) is -3.68. The highest BCUT2D eigenvalue weighted by atomic mass is 19.4. The Bertz CT molecular complexity index is 304. The summed E-state index contributed by atoms with van der Waals surface area (Å²) in [5, 5.41) is 10.5. The summed E-state index contributed by atoms with van der Waals surface area (Å²) in [6.07, 6.45) is -2.11. The third-order valence-corrected chi connectivity index (χ3v) is 2.65. The lowest BCUT2D eigenvalue weighted by molar-refractivity contribution is -0.177. The van der Waals surface area contributed by atoms with Gasteiger partial charge in [0.2, 0.25) is 0 Å². The van der Waals surface area contributed by atoms with Crippen molar-refractivity contribution >= 4 is 11.9 Å². The van der Waals surface area contributed by atoms with Crippen LogP contribution in [0.5, 0.6) is 0 Å². The van der Waals surface area contributed by atoms with Gasteiger partial charge in [0.05, 0.1) is 0 Å². The summed E-state index contributed by atoms with van der Waals surface area (Å²) >= 11 is 0. The van der Waals surface area contributed by atoms with E-state index in [-0.39, 0.29) is 6.42 Å². The fraction of sp³-hybridized carbons (Fsp3) is 0.818. The number of carboxylic acids is 1. The highest BCUT2D eigenvalue weighted by Crippen LogP contribution is 2.20. The molecular weight excluding hydrogens is 251 g/mol. The molecule has 0 spiro atoms. The van der Waals surface area contributed by atoms with E-state index in [1.54, 1.807) is 5.32 Å². The number of unbranched alkanes of at least 4 members (excludes halogenated alkanes) is 3. The van der Waals surface area contributed by atoms with Crippen molar-refractivity contribution < 1.29 is 27.9 Å². The van der Waals surface area contributed by atoms with Crippen LogP contribution in [0, 0.1) is 0 Å². The molecule has 0 bridgehead atoms. The van der Waals surface area contributed by atoms with Crippen LogP contribution in [0.4, 0.5) is 13.2 Å². The molecule has 0 rings (SSSR count). The van der Waals surface area contributed by atoms with Crippen LogP contribution < -0.4 is 5.32 Å². The van der Waals surface area contributed by atoms with E-state index in [4.69, 9.17) is 5.11 Å². The summed E-state index contributed by atoms with van der Waals surface area (Å²) in [4.78, 5) is 21.7. The second-order valence-electron chi connectivity index (χ2n) is 4.40. The highest BCUT2D eigenvalue weighted by molar-refractivity contribution is 5.89. The van der Waals surface area contributed by atoms with Gasteiger partial charge in [-0.25, -0.2) is 4.79 Å². The summed E-state index contributed by atoms with van der Waals surface area (Å²) in [6.45, 7) is 3.05. The van der Waals surface area contributed by atoms with Gasteiger partial charge in [0, 0.05) is 0 Å². The average molecular weight is 269 g/mol. The predicted octanol–water partition coefficient (Wildman–Crippen LogP) is 2.48. The Hall–Kier alpha value is -1.27. The summed E-state index contributed by atoms with van der Waals surface area (Å²) < 4.78 is 36.2. The van der Waals surface area contributed by atoms with Crippen LogP contribution >= 0.6 is 0 Å². The topological polar surface area (TPSA) is 66.4 Å². The molecule has 0 aromatic rings. The molecule has 18 heavy (non-hydrogen) atoms. The Morgan fingerprint density at radius 2 is 1.72 bits per heavy atom. The first-order valence-corrected chi connectivity index (χ1v) is 5.76. The Morgan fingerprint density at radius 3 is 2.11 bits per heavy atom. The van der Waals surface area contributed by atoms with Crippen molar-refractivity contribution in [2.45, 2.75) is 57.7 Å². The number of carbonyl (C=O) groups is 2. The number of aliphatic carboxylic acids is 1. The minimum Gasteiger partial charge on any atom is -0.480 e. The van der Waals surface area contributed by atoms with E-state index < -0.39 is 23.6 Å². The van der Waals surface area contributed by atoms with Crippen LogP contribution in [0.2, 0.25) is 0 Å². The summed E-state index contributed by atoms with van der Waals surface area (Å²) in [5.41, 5.74) is -1.87. The number of carboxylic acid groups (broad SMARTS) is 1. The van der Waals surface area contributed by atoms with Crippen LogP contribution in [0.25, 0.3) is 0 Å². The van der Waals surface area contributed by atoms with Crippen molar-refractivity contribution in [3.8, 4) is 0 Å². The van der Waals surface area contributed by atoms with Crippen molar-refractivity contribution in [2.75, 3.05) is 0 Å². The van der Waals surface area contributed by atoms with E-state index in [0.29, 0.717) is 6.42 Å². The van der Waals surface area contributed by atoms with E-state index in [9.17, 15) is 22.8 Å². The number of nitrogens with one attached hydrogen (secondary N) is 1. The first-order valence-electron chi connectivity index (χ1n) is 5.76. The van der Waals surface area contributed by atoms with Gasteiger partial charge in [0.25, 0.3) is 0 Å². The number of rotatable bonds is 7. The van der Waals surface area contributed by atoms with Gasteiger partial charge >= 0.3 is 18.1 Å². The normalized spacial score (nSPS) is 14.9. The minimum absolute atomic E-state index is 0.0237. The summed E-state index contributed by atoms with van der Waals surface area (Å²) in [6, 6.07) is 0. The van der Waals surface area contributed by atoms with Crippen molar-refractivity contribution in [3.05, 3.63) is 0 Å². The van der Waals surface area contributed by atoms with E-state index in [2.05, 4.69) is 0 Å². The highest BCUT2D eigenvalue weighted by Gasteiger charge is 2.45. The maximum Gasteiger partial charge on any atom is 0.471 e. The molecular formula is C11H18F3NO3. The number of amides is 1. The quantitative estimate of drug-likeness (QED) is 0.698. The predicted molar refractivity (Wildman–Crippen MR) is 59.0 cm³/mol. The first-order chi connectivity index (χ1) is 8.13. The van der Waals surface area contributed by atoms with Crippen molar-refractivity contribution in [1.82, 2.24) is 5.32 Å². The number of hydrogen-bond donors (Lipinski definition) is 2. The lowest BCUT2D eigenvalue weighted by atomic mass is 9.94. The molecule has 7 heteroatoms. The molecule has 1 unspecified atom stereocenters. The molecule has 0 saturated heterocycles. The molecule has 0 heterocycles. The second kappa shape index (κ2) is 6.61. The fourth-order valence-corrected chi connectivity index (χ4v) is 1.45. The molecule has 0 fully saturated rings. The van der Waals surface area contributed by atoms with Gasteiger partial charge in [-0.05, 0) is 13.3 Å². The van der Waals surface area contributed by atoms with Gasteiger partial charge in [-0.1, -0.05) is 32.6 Å². The van der Waals surface area contributed by atoms with Gasteiger partial charge < -0.3 is 10.4 Å². The SMILES string of the molecule is CCCCCCC(C)(NC(=O)C(F)(F)F)C(=O)O. The van der Waals surface area contributed by atoms with E-state index in [1.807, 2.05) is 6.92 Å². The maximum atomic E-state index is 12.1. The third-order valence-electron chi connectivity index (χ3n) is 2.65. The smallest absolute Gasteiger partial charge is 0.471 e. The monoisotopic (exact) mass is 269 g/mol. The third kappa shape index (κ3) is 5.37. The standard InChI is InChI=1S/C11H18F3NO3/c1-3-4-5-6-7-10(2,9(17)18)15-8(16)11(12,13)14/h3-7H2,1-2H3,(H,15,16)(H,17,18). The van der Waals surface area contributed by atoms with Gasteiger partial charge in [-0.2, -0.15) is 13.2 Å². The molecule has 0 aliphatic carbocycles. The lowest BCUT2D eigenvalue weighted by Crippen LogP contribution is -2.55. The second-order valence-corrected chi connectivity index (χ2v) is 4.40. The van der Waals surface area contributed by atoms with E-state index in [0.717, 1.165) is 26.2 Å². The maximum absolute atomic E-state index is 12.1. The molecule has 106 valence electrons. The fourth-order valence-electron chi connectivity index (χ4n) is 1.45. The van der Waals surface area contributed by atoms with E-state index in [1.165, 1.54) is 0 Å². The molecule has 0 radical (unpaired) electrons. The van der Waals surface area contributed by atoms with Gasteiger partial charge in [-0.3, -0.25) is 4.79 Å². The van der Waals surface area contributed by atoms with Gasteiger partial charge in [0.1, 0.15) is 5.54 Å². The molecule has 0 aromatic heterocycles. The first kappa shape index (κ1) is 16.7. The van der Waals surface area contributed by atoms with Crippen LogP contribution in [0.15, 0.2) is 0 Å². The molecule has 0 aromatic carbocycles. The largest absolute Gasteiger partial charge is 0.480 e. The molecule has 0 saturated carbocycles. The van der Waals surface area contributed by atoms with Crippen LogP contribution in [0.1, 0.15) is 46.0 Å². The molecule has 1 atom stereocenters. The number of carbonyl (C=O) groups excluding carboxylic acids is 1. The Balaban J connectivity index is 4.53. The number of hydrogen-bond acceptors (Lipinski definition) is 2. The molecule has 0 aliphatic rings. The van der Waals surface area contributed by atoms with Crippen molar-refractivity contribution in [3.63, 3.8) is 0 Å². The molecule has 4 nitrogen and oxygen atoms in total. The van der Waals surface area contributed by atoms with Crippen molar-refractivity contribution in [2.24, 2.45) is 0 Å². The van der Waals surface area contributed by atoms with Crippen LogP contribution in [0.3, 0.4) is 0 Å². The minimum atomic E-state index is -5.07. The van der Waals surface area contributed by atoms with Crippen LogP contribution in [-0.4, -0.2) is 28.7 Å². The zero-order valence-electron chi connectivity index (χ0n) is 10.4. The molecule has 1 amide bonds. The molecule has 0 aliphatic heterocycles. The zero-order valence-corrected chi connectivity index (χ0v) is 10.4. The van der Waals surface area contributed by atoms with E-state index >= 15 is 0 Å². The molecule has 2 N–H and O–H groups in total. The van der Waals surface area contributed by atoms with Crippen LogP contribution in [-0.2, 0) is 9.59 Å². The lowest BCUT2D eigenvalue weighted by Gasteiger charge is -2.26. The number of halogens is 3. The average Bonchev–Trinajstić information content (AvgIpc) is 2.23. The summed E-state index contributed by atoms with van der Waals surface area (Å²) in [7, 11) is 0. The number of alkyl halides is 3. The van der Waals surface area contributed by atoms with Gasteiger partial charge in [-0.15, -0.1) is 0 Å². The Kier molecular flexibility index (Phi) is 6.14.